The number of fused-ring (bicyclic) bond motifs is 1. The molecule has 3 N–H and O–H groups in total. The zero-order valence-electron chi connectivity index (χ0n) is 13.1. The molecule has 0 saturated heterocycles. The van der Waals surface area contributed by atoms with E-state index in [4.69, 9.17) is 10.2 Å². The Balaban J connectivity index is 0.00000242. The summed E-state index contributed by atoms with van der Waals surface area (Å²) >= 11 is 0. The van der Waals surface area contributed by atoms with E-state index in [-0.39, 0.29) is 46.0 Å². The fourth-order valence-electron chi connectivity index (χ4n) is 2.28. The monoisotopic (exact) mass is 328 g/mol. The smallest absolute Gasteiger partial charge is 0.262 e. The van der Waals surface area contributed by atoms with Gasteiger partial charge in [0, 0.05) is 13.6 Å². The van der Waals surface area contributed by atoms with Crippen LogP contribution in [0.15, 0.2) is 15.5 Å². The Bertz CT molecular complexity index is 735. The molecule has 8 heteroatoms. The van der Waals surface area contributed by atoms with Crippen molar-refractivity contribution >= 4 is 29.4 Å². The van der Waals surface area contributed by atoms with Gasteiger partial charge in [-0.05, 0) is 18.9 Å². The van der Waals surface area contributed by atoms with Gasteiger partial charge in [-0.25, -0.2) is 4.98 Å². The molecule has 0 spiro atoms. The second-order valence-corrected chi connectivity index (χ2v) is 5.97. The van der Waals surface area contributed by atoms with Gasteiger partial charge in [-0.3, -0.25) is 9.59 Å². The van der Waals surface area contributed by atoms with Crippen molar-refractivity contribution in [2.75, 3.05) is 20.1 Å². The normalized spacial score (nSPS) is 11.3. The number of nitrogens with zero attached hydrogens (tertiary/aromatic N) is 2. The summed E-state index contributed by atoms with van der Waals surface area (Å²) in [6.07, 6.45) is 1.25. The Morgan fingerprint density at radius 1 is 1.50 bits per heavy atom. The lowest BCUT2D eigenvalue weighted by Crippen LogP contribution is -2.40. The third kappa shape index (κ3) is 3.31. The molecule has 0 aromatic carbocycles. The topological polar surface area (TPSA) is 105 Å². The number of nitrogens with two attached hydrogens (primary N) is 1. The van der Waals surface area contributed by atoms with Gasteiger partial charge in [0.1, 0.15) is 11.1 Å². The number of halogens is 1. The molecule has 0 atom stereocenters. The van der Waals surface area contributed by atoms with Crippen molar-refractivity contribution in [3.8, 4) is 0 Å². The average molecular weight is 329 g/mol. The van der Waals surface area contributed by atoms with Gasteiger partial charge in [-0.2, -0.15) is 0 Å². The minimum Gasteiger partial charge on any atom is -0.442 e. The first-order valence-electron chi connectivity index (χ1n) is 6.69. The molecule has 1 amide bonds. The highest BCUT2D eigenvalue weighted by atomic mass is 35.5. The zero-order valence-corrected chi connectivity index (χ0v) is 13.9. The molecule has 7 nitrogen and oxygen atoms in total. The van der Waals surface area contributed by atoms with E-state index in [0.29, 0.717) is 18.8 Å². The maximum atomic E-state index is 12.6. The van der Waals surface area contributed by atoms with Crippen LogP contribution in [0.1, 0.15) is 30.0 Å². The second kappa shape index (κ2) is 6.50. The molecule has 2 heterocycles. The molecule has 2 aromatic heterocycles. The molecule has 0 aliphatic heterocycles. The van der Waals surface area contributed by atoms with E-state index in [1.165, 1.54) is 6.33 Å². The lowest BCUT2D eigenvalue weighted by molar-refractivity contribution is 0.0740. The summed E-state index contributed by atoms with van der Waals surface area (Å²) in [6.45, 7) is 6.54. The summed E-state index contributed by atoms with van der Waals surface area (Å²) in [5, 5.41) is 0.192. The summed E-state index contributed by atoms with van der Waals surface area (Å²) < 4.78 is 5.40. The van der Waals surface area contributed by atoms with Crippen LogP contribution in [0.4, 0.5) is 0 Å². The van der Waals surface area contributed by atoms with Gasteiger partial charge < -0.3 is 20.0 Å². The van der Waals surface area contributed by atoms with Crippen molar-refractivity contribution in [2.45, 2.75) is 20.8 Å². The van der Waals surface area contributed by atoms with Gasteiger partial charge in [-0.15, -0.1) is 12.4 Å². The van der Waals surface area contributed by atoms with Crippen LogP contribution in [0.3, 0.4) is 0 Å². The minimum atomic E-state index is -0.383. The number of furan rings is 1. The van der Waals surface area contributed by atoms with E-state index < -0.39 is 0 Å². The molecule has 0 aliphatic carbocycles. The number of aryl methyl sites for hydroxylation is 1. The number of rotatable bonds is 4. The highest BCUT2D eigenvalue weighted by Gasteiger charge is 2.27. The van der Waals surface area contributed by atoms with Crippen LogP contribution in [0.2, 0.25) is 0 Å². The third-order valence-electron chi connectivity index (χ3n) is 3.45. The van der Waals surface area contributed by atoms with Crippen molar-refractivity contribution < 1.29 is 9.21 Å². The quantitative estimate of drug-likeness (QED) is 0.880. The van der Waals surface area contributed by atoms with Gasteiger partial charge in [-0.1, -0.05) is 13.8 Å². The highest BCUT2D eigenvalue weighted by Crippen LogP contribution is 2.23. The molecular formula is C14H21ClN4O3. The van der Waals surface area contributed by atoms with E-state index in [9.17, 15) is 9.59 Å². The molecule has 2 rings (SSSR count). The highest BCUT2D eigenvalue weighted by molar-refractivity contribution is 6.06. The van der Waals surface area contributed by atoms with E-state index in [2.05, 4.69) is 9.97 Å². The molecule has 122 valence electrons. The molecule has 0 aliphatic rings. The summed E-state index contributed by atoms with van der Waals surface area (Å²) in [7, 11) is 1.68. The maximum Gasteiger partial charge on any atom is 0.262 e. The Morgan fingerprint density at radius 3 is 2.73 bits per heavy atom. The zero-order chi connectivity index (χ0) is 15.8. The van der Waals surface area contributed by atoms with Crippen LogP contribution in [-0.4, -0.2) is 40.9 Å². The first-order valence-corrected chi connectivity index (χ1v) is 6.69. The number of hydrogen-bond donors (Lipinski definition) is 2. The summed E-state index contributed by atoms with van der Waals surface area (Å²) in [5.74, 6) is 0.114. The number of aromatic nitrogens is 2. The number of hydrogen-bond acceptors (Lipinski definition) is 5. The van der Waals surface area contributed by atoms with Gasteiger partial charge in [0.15, 0.2) is 0 Å². The van der Waals surface area contributed by atoms with E-state index >= 15 is 0 Å². The summed E-state index contributed by atoms with van der Waals surface area (Å²) in [4.78, 5) is 32.5. The van der Waals surface area contributed by atoms with Crippen molar-refractivity contribution in [1.82, 2.24) is 14.9 Å². The van der Waals surface area contributed by atoms with Crippen molar-refractivity contribution in [3.05, 3.63) is 28.0 Å². The van der Waals surface area contributed by atoms with Crippen LogP contribution >= 0.6 is 12.4 Å². The van der Waals surface area contributed by atoms with Crippen LogP contribution in [0, 0.1) is 12.3 Å². The Kier molecular flexibility index (Phi) is 5.37. The fraction of sp³-hybridized carbons (Fsp3) is 0.500. The molecule has 0 unspecified atom stereocenters. The number of aromatic amines is 1. The molecular weight excluding hydrogens is 308 g/mol. The van der Waals surface area contributed by atoms with Crippen LogP contribution in [-0.2, 0) is 0 Å². The minimum absolute atomic E-state index is 0. The predicted octanol–water partition coefficient (Wildman–Crippen LogP) is 1.30. The SMILES string of the molecule is Cc1oc2nc[nH]c(=O)c2c1C(=O)N(C)CC(C)(C)CN.Cl. The molecule has 0 saturated carbocycles. The van der Waals surface area contributed by atoms with Gasteiger partial charge in [0.25, 0.3) is 11.5 Å². The van der Waals surface area contributed by atoms with Gasteiger partial charge in [0.2, 0.25) is 5.71 Å². The number of carbonyl (C=O) groups is 1. The van der Waals surface area contributed by atoms with E-state index in [1.54, 1.807) is 18.9 Å². The molecule has 0 bridgehead atoms. The third-order valence-corrected chi connectivity index (χ3v) is 3.45. The first kappa shape index (κ1) is 18.2. The predicted molar refractivity (Wildman–Crippen MR) is 86.4 cm³/mol. The summed E-state index contributed by atoms with van der Waals surface area (Å²) in [6, 6.07) is 0. The first-order chi connectivity index (χ1) is 9.76. The standard InChI is InChI=1S/C14H20N4O3.ClH/c1-8-9(10-11(19)16-7-17-12(10)21-8)13(20)18(4)6-14(2,3)5-15;/h7H,5-6,15H2,1-4H3,(H,16,17,19);1H. The van der Waals surface area contributed by atoms with Crippen LogP contribution in [0.25, 0.3) is 11.1 Å². The number of amides is 1. The molecule has 0 fully saturated rings. The maximum absolute atomic E-state index is 12.6. The van der Waals surface area contributed by atoms with Gasteiger partial charge >= 0.3 is 0 Å². The van der Waals surface area contributed by atoms with E-state index in [1.807, 2.05) is 13.8 Å². The van der Waals surface area contributed by atoms with Crippen molar-refractivity contribution in [3.63, 3.8) is 0 Å². The van der Waals surface area contributed by atoms with Gasteiger partial charge in [0.05, 0.1) is 11.9 Å². The lowest BCUT2D eigenvalue weighted by Gasteiger charge is -2.28. The Morgan fingerprint density at radius 2 is 2.14 bits per heavy atom. The van der Waals surface area contributed by atoms with Crippen molar-refractivity contribution in [2.24, 2.45) is 11.1 Å². The number of H-pyrrole nitrogens is 1. The Hall–Kier alpha value is -1.86. The molecule has 22 heavy (non-hydrogen) atoms. The molecule has 0 radical (unpaired) electrons. The fourth-order valence-corrected chi connectivity index (χ4v) is 2.28. The molecule has 2 aromatic rings. The average Bonchev–Trinajstić information content (AvgIpc) is 2.75. The lowest BCUT2D eigenvalue weighted by atomic mass is 9.93. The number of carbonyl (C=O) groups excluding carboxylic acids is 1. The number of nitrogens with one attached hydrogen (secondary N) is 1. The van der Waals surface area contributed by atoms with Crippen LogP contribution < -0.4 is 11.3 Å². The summed E-state index contributed by atoms with van der Waals surface area (Å²) in [5.41, 5.74) is 5.54. The Labute approximate surface area is 134 Å². The van der Waals surface area contributed by atoms with Crippen LogP contribution in [0.5, 0.6) is 0 Å². The van der Waals surface area contributed by atoms with E-state index in [0.717, 1.165) is 0 Å². The second-order valence-electron chi connectivity index (χ2n) is 5.97. The van der Waals surface area contributed by atoms with Crippen molar-refractivity contribution in [1.29, 1.82) is 0 Å². The largest absolute Gasteiger partial charge is 0.442 e.